The van der Waals surface area contributed by atoms with Crippen molar-refractivity contribution in [1.29, 1.82) is 0 Å². The molecule has 5 heteroatoms. The van der Waals surface area contributed by atoms with Gasteiger partial charge in [-0.3, -0.25) is 4.79 Å². The number of nitrogens with zero attached hydrogens (tertiary/aromatic N) is 1. The van der Waals surface area contributed by atoms with E-state index in [1.54, 1.807) is 6.07 Å². The first-order valence-corrected chi connectivity index (χ1v) is 7.99. The van der Waals surface area contributed by atoms with E-state index in [1.165, 1.54) is 18.6 Å². The Bertz CT molecular complexity index is 467. The number of aromatic hydroxyl groups is 1. The first-order valence-electron chi connectivity index (χ1n) is 6.49. The molecule has 0 saturated carbocycles. The van der Waals surface area contributed by atoms with Crippen molar-refractivity contribution in [3.63, 3.8) is 0 Å². The molecule has 1 aliphatic heterocycles. The molecule has 0 radical (unpaired) electrons. The zero-order chi connectivity index (χ0) is 13.8. The van der Waals surface area contributed by atoms with Crippen LogP contribution in [0.4, 0.5) is 0 Å². The van der Waals surface area contributed by atoms with Crippen molar-refractivity contribution >= 4 is 33.4 Å². The average Bonchev–Trinajstić information content (AvgIpc) is 2.66. The molecule has 1 heterocycles. The van der Waals surface area contributed by atoms with Crippen LogP contribution in [0.1, 0.15) is 36.0 Å². The number of phenolic OH excluding ortho intramolecular Hbond substituents is 1. The summed E-state index contributed by atoms with van der Waals surface area (Å²) in [5, 5.41) is 10.4. The summed E-state index contributed by atoms with van der Waals surface area (Å²) in [5.74, 6) is -0.000579. The minimum absolute atomic E-state index is 0.00567. The molecular weight excluding hydrogens is 330 g/mol. The molecule has 0 aliphatic carbocycles. The molecule has 104 valence electrons. The summed E-state index contributed by atoms with van der Waals surface area (Å²) in [6.45, 7) is 0.785. The third-order valence-corrected chi connectivity index (χ3v) is 4.56. The Kier molecular flexibility index (Phi) is 5.11. The van der Waals surface area contributed by atoms with Gasteiger partial charge in [0, 0.05) is 23.5 Å². The van der Waals surface area contributed by atoms with Crippen LogP contribution in [0.15, 0.2) is 18.2 Å². The molecule has 1 aromatic rings. The molecule has 0 bridgehead atoms. The van der Waals surface area contributed by atoms with Crippen LogP contribution in [-0.2, 0) is 0 Å². The Morgan fingerprint density at radius 2 is 2.21 bits per heavy atom. The topological polar surface area (TPSA) is 40.5 Å². The molecular formula is C14H17BrClNO2. The third-order valence-electron chi connectivity index (χ3n) is 3.51. The van der Waals surface area contributed by atoms with Crippen LogP contribution < -0.4 is 0 Å². The number of carbonyl (C=O) groups excluding carboxylic acids is 1. The van der Waals surface area contributed by atoms with Crippen molar-refractivity contribution in [2.75, 3.05) is 11.9 Å². The monoisotopic (exact) mass is 345 g/mol. The highest BCUT2D eigenvalue weighted by molar-refractivity contribution is 9.09. The minimum Gasteiger partial charge on any atom is -0.506 e. The number of phenols is 1. The second kappa shape index (κ2) is 6.62. The van der Waals surface area contributed by atoms with Gasteiger partial charge >= 0.3 is 0 Å². The zero-order valence-electron chi connectivity index (χ0n) is 10.6. The Hall–Kier alpha value is -0.740. The molecule has 1 unspecified atom stereocenters. The number of halogens is 2. The lowest BCUT2D eigenvalue weighted by Gasteiger charge is -2.29. The third kappa shape index (κ3) is 3.42. The van der Waals surface area contributed by atoms with Crippen molar-refractivity contribution < 1.29 is 9.90 Å². The van der Waals surface area contributed by atoms with Crippen LogP contribution in [0.5, 0.6) is 5.75 Å². The highest BCUT2D eigenvalue weighted by Gasteiger charge is 2.25. The van der Waals surface area contributed by atoms with E-state index in [0.29, 0.717) is 5.56 Å². The maximum atomic E-state index is 12.6. The number of amides is 1. The van der Waals surface area contributed by atoms with Gasteiger partial charge in [0.05, 0.1) is 5.02 Å². The van der Waals surface area contributed by atoms with Crippen molar-refractivity contribution in [2.24, 2.45) is 0 Å². The molecule has 1 atom stereocenters. The quantitative estimate of drug-likeness (QED) is 0.827. The van der Waals surface area contributed by atoms with Crippen LogP contribution in [0.25, 0.3) is 0 Å². The van der Waals surface area contributed by atoms with Gasteiger partial charge in [0.15, 0.2) is 0 Å². The molecule has 0 aromatic heterocycles. The van der Waals surface area contributed by atoms with Gasteiger partial charge in [-0.15, -0.1) is 0 Å². The molecule has 1 aromatic carbocycles. The fourth-order valence-corrected chi connectivity index (χ4v) is 3.26. The Morgan fingerprint density at radius 3 is 2.89 bits per heavy atom. The summed E-state index contributed by atoms with van der Waals surface area (Å²) in [7, 11) is 0. The number of benzene rings is 1. The van der Waals surface area contributed by atoms with Crippen LogP contribution >= 0.6 is 27.5 Å². The highest BCUT2D eigenvalue weighted by atomic mass is 79.9. The lowest BCUT2D eigenvalue weighted by molar-refractivity contribution is 0.0702. The predicted molar refractivity (Wildman–Crippen MR) is 80.2 cm³/mol. The average molecular weight is 347 g/mol. The van der Waals surface area contributed by atoms with Gasteiger partial charge in [0.1, 0.15) is 5.75 Å². The summed E-state index contributed by atoms with van der Waals surface area (Å²) >= 11 is 9.36. The van der Waals surface area contributed by atoms with Crippen molar-refractivity contribution in [1.82, 2.24) is 4.90 Å². The fourth-order valence-electron chi connectivity index (χ4n) is 2.41. The van der Waals surface area contributed by atoms with Gasteiger partial charge in [0.2, 0.25) is 0 Å². The molecule has 3 nitrogen and oxygen atoms in total. The zero-order valence-corrected chi connectivity index (χ0v) is 13.0. The molecule has 1 saturated heterocycles. The standard InChI is InChI=1S/C14H17BrClNO2/c15-9-11-4-2-1-3-7-17(11)14(19)10-5-6-13(18)12(16)8-10/h5-6,8,11,18H,1-4,7,9H2. The van der Waals surface area contributed by atoms with E-state index in [9.17, 15) is 9.90 Å². The highest BCUT2D eigenvalue weighted by Crippen LogP contribution is 2.26. The largest absolute Gasteiger partial charge is 0.506 e. The number of rotatable bonds is 2. The van der Waals surface area contributed by atoms with E-state index < -0.39 is 0 Å². The van der Waals surface area contributed by atoms with Crippen LogP contribution in [-0.4, -0.2) is 33.8 Å². The first-order chi connectivity index (χ1) is 9.13. The predicted octanol–water partition coefficient (Wildman–Crippen LogP) is 3.83. The van der Waals surface area contributed by atoms with E-state index in [-0.39, 0.29) is 22.7 Å². The molecule has 0 spiro atoms. The Morgan fingerprint density at radius 1 is 1.42 bits per heavy atom. The van der Waals surface area contributed by atoms with E-state index in [2.05, 4.69) is 15.9 Å². The fraction of sp³-hybridized carbons (Fsp3) is 0.500. The molecule has 1 fully saturated rings. The normalized spacial score (nSPS) is 20.1. The van der Waals surface area contributed by atoms with Gasteiger partial charge < -0.3 is 10.0 Å². The number of carbonyl (C=O) groups is 1. The lowest BCUT2D eigenvalue weighted by atomic mass is 10.1. The van der Waals surface area contributed by atoms with E-state index in [4.69, 9.17) is 11.6 Å². The van der Waals surface area contributed by atoms with E-state index >= 15 is 0 Å². The van der Waals surface area contributed by atoms with Crippen molar-refractivity contribution in [2.45, 2.75) is 31.7 Å². The number of alkyl halides is 1. The van der Waals surface area contributed by atoms with E-state index in [0.717, 1.165) is 31.1 Å². The smallest absolute Gasteiger partial charge is 0.254 e. The number of hydrogen-bond donors (Lipinski definition) is 1. The maximum Gasteiger partial charge on any atom is 0.254 e. The molecule has 1 aliphatic rings. The van der Waals surface area contributed by atoms with Gasteiger partial charge in [-0.05, 0) is 31.0 Å². The molecule has 2 rings (SSSR count). The lowest BCUT2D eigenvalue weighted by Crippen LogP contribution is -2.41. The number of hydrogen-bond acceptors (Lipinski definition) is 2. The summed E-state index contributed by atoms with van der Waals surface area (Å²) in [5.41, 5.74) is 0.538. The molecule has 1 amide bonds. The Balaban J connectivity index is 2.22. The van der Waals surface area contributed by atoms with Gasteiger partial charge in [-0.25, -0.2) is 0 Å². The second-order valence-electron chi connectivity index (χ2n) is 4.82. The van der Waals surface area contributed by atoms with Gasteiger partial charge in [-0.1, -0.05) is 40.4 Å². The molecule has 1 N–H and O–H groups in total. The maximum absolute atomic E-state index is 12.6. The minimum atomic E-state index is -0.00625. The molecule has 19 heavy (non-hydrogen) atoms. The Labute approximate surface area is 126 Å². The summed E-state index contributed by atoms with van der Waals surface area (Å²) < 4.78 is 0. The van der Waals surface area contributed by atoms with Crippen molar-refractivity contribution in [3.8, 4) is 5.75 Å². The first kappa shape index (κ1) is 14.7. The summed E-state index contributed by atoms with van der Waals surface area (Å²) in [4.78, 5) is 14.5. The summed E-state index contributed by atoms with van der Waals surface area (Å²) in [6.07, 6.45) is 4.41. The van der Waals surface area contributed by atoms with Crippen LogP contribution in [0.2, 0.25) is 5.02 Å². The van der Waals surface area contributed by atoms with Crippen LogP contribution in [0, 0.1) is 0 Å². The second-order valence-corrected chi connectivity index (χ2v) is 5.88. The van der Waals surface area contributed by atoms with Gasteiger partial charge in [0.25, 0.3) is 5.91 Å². The van der Waals surface area contributed by atoms with E-state index in [1.807, 2.05) is 4.90 Å². The van der Waals surface area contributed by atoms with Crippen LogP contribution in [0.3, 0.4) is 0 Å². The number of likely N-dealkylation sites (tertiary alicyclic amines) is 1. The van der Waals surface area contributed by atoms with Crippen molar-refractivity contribution in [3.05, 3.63) is 28.8 Å². The SMILES string of the molecule is O=C(c1ccc(O)c(Cl)c1)N1CCCCCC1CBr. The summed E-state index contributed by atoms with van der Waals surface area (Å²) in [6, 6.07) is 4.87. The van der Waals surface area contributed by atoms with Gasteiger partial charge in [-0.2, -0.15) is 0 Å².